The van der Waals surface area contributed by atoms with E-state index in [0.29, 0.717) is 0 Å². The summed E-state index contributed by atoms with van der Waals surface area (Å²) in [5.41, 5.74) is 6.60. The Morgan fingerprint density at radius 1 is 1.00 bits per heavy atom. The van der Waals surface area contributed by atoms with E-state index in [2.05, 4.69) is 13.8 Å². The average Bonchev–Trinajstić information content (AvgIpc) is 1.97. The van der Waals surface area contributed by atoms with E-state index in [-0.39, 0.29) is 5.54 Å². The molecule has 1 saturated carbocycles. The Hall–Kier alpha value is -0.0400. The molecular weight excluding hydrogens is 158 g/mol. The standard InChI is InChI=1S/C12H25N/c1-11(2)10-12(13)8-6-4-3-5-7-9-12/h11H,3-10,13H2,1-2H3. The first-order valence-corrected chi connectivity index (χ1v) is 5.91. The summed E-state index contributed by atoms with van der Waals surface area (Å²) in [5, 5.41) is 0. The van der Waals surface area contributed by atoms with Gasteiger partial charge >= 0.3 is 0 Å². The zero-order valence-electron chi connectivity index (χ0n) is 9.31. The summed E-state index contributed by atoms with van der Waals surface area (Å²) in [4.78, 5) is 0. The Balaban J connectivity index is 2.41. The van der Waals surface area contributed by atoms with Gasteiger partial charge in [0.05, 0.1) is 0 Å². The van der Waals surface area contributed by atoms with Crippen molar-refractivity contribution in [2.24, 2.45) is 11.7 Å². The molecule has 1 nitrogen and oxygen atoms in total. The van der Waals surface area contributed by atoms with E-state index in [9.17, 15) is 0 Å². The van der Waals surface area contributed by atoms with Gasteiger partial charge in [0.15, 0.2) is 0 Å². The van der Waals surface area contributed by atoms with Crippen molar-refractivity contribution in [1.82, 2.24) is 0 Å². The molecule has 1 rings (SSSR count). The van der Waals surface area contributed by atoms with Crippen LogP contribution in [0, 0.1) is 5.92 Å². The van der Waals surface area contributed by atoms with Crippen LogP contribution in [0.4, 0.5) is 0 Å². The van der Waals surface area contributed by atoms with Gasteiger partial charge < -0.3 is 5.73 Å². The highest BCUT2D eigenvalue weighted by Gasteiger charge is 2.25. The van der Waals surface area contributed by atoms with Gasteiger partial charge in [0, 0.05) is 5.54 Å². The Morgan fingerprint density at radius 3 is 1.92 bits per heavy atom. The van der Waals surface area contributed by atoms with Crippen molar-refractivity contribution in [3.63, 3.8) is 0 Å². The predicted molar refractivity (Wildman–Crippen MR) is 58.7 cm³/mol. The number of hydrogen-bond acceptors (Lipinski definition) is 1. The first-order valence-electron chi connectivity index (χ1n) is 5.91. The molecule has 0 aromatic rings. The topological polar surface area (TPSA) is 26.0 Å². The van der Waals surface area contributed by atoms with Gasteiger partial charge in [-0.3, -0.25) is 0 Å². The molecule has 0 aliphatic heterocycles. The van der Waals surface area contributed by atoms with E-state index in [4.69, 9.17) is 5.73 Å². The van der Waals surface area contributed by atoms with Gasteiger partial charge in [-0.25, -0.2) is 0 Å². The van der Waals surface area contributed by atoms with Crippen LogP contribution in [0.1, 0.15) is 65.2 Å². The second-order valence-electron chi connectivity index (χ2n) is 5.23. The highest BCUT2D eigenvalue weighted by atomic mass is 14.7. The molecule has 1 aliphatic carbocycles. The SMILES string of the molecule is CC(C)CC1(N)CCCCCCC1. The van der Waals surface area contributed by atoms with E-state index < -0.39 is 0 Å². The molecule has 0 atom stereocenters. The molecule has 0 aromatic heterocycles. The summed E-state index contributed by atoms with van der Waals surface area (Å²) in [7, 11) is 0. The van der Waals surface area contributed by atoms with Crippen LogP contribution in [0.15, 0.2) is 0 Å². The monoisotopic (exact) mass is 183 g/mol. The van der Waals surface area contributed by atoms with Crippen LogP contribution in [0.3, 0.4) is 0 Å². The second kappa shape index (κ2) is 4.99. The second-order valence-corrected chi connectivity index (χ2v) is 5.23. The van der Waals surface area contributed by atoms with Gasteiger partial charge in [-0.15, -0.1) is 0 Å². The molecule has 0 amide bonds. The summed E-state index contributed by atoms with van der Waals surface area (Å²) in [6.07, 6.45) is 10.7. The van der Waals surface area contributed by atoms with E-state index in [1.165, 1.54) is 51.4 Å². The van der Waals surface area contributed by atoms with Crippen LogP contribution in [0.2, 0.25) is 0 Å². The molecule has 0 unspecified atom stereocenters. The van der Waals surface area contributed by atoms with Crippen LogP contribution in [0.25, 0.3) is 0 Å². The van der Waals surface area contributed by atoms with Gasteiger partial charge in [0.2, 0.25) is 0 Å². The van der Waals surface area contributed by atoms with Crippen LogP contribution >= 0.6 is 0 Å². The normalized spacial score (nSPS) is 24.0. The first-order chi connectivity index (χ1) is 6.12. The zero-order chi connectivity index (χ0) is 9.73. The Morgan fingerprint density at radius 2 is 1.46 bits per heavy atom. The van der Waals surface area contributed by atoms with Crippen molar-refractivity contribution in [2.75, 3.05) is 0 Å². The summed E-state index contributed by atoms with van der Waals surface area (Å²) >= 11 is 0. The molecule has 0 aromatic carbocycles. The third-order valence-corrected chi connectivity index (χ3v) is 3.16. The molecule has 0 radical (unpaired) electrons. The molecule has 0 saturated heterocycles. The van der Waals surface area contributed by atoms with Crippen molar-refractivity contribution in [3.05, 3.63) is 0 Å². The lowest BCUT2D eigenvalue weighted by Crippen LogP contribution is -2.41. The molecule has 0 spiro atoms. The van der Waals surface area contributed by atoms with Gasteiger partial charge in [-0.1, -0.05) is 46.0 Å². The lowest BCUT2D eigenvalue weighted by atomic mass is 9.79. The number of hydrogen-bond donors (Lipinski definition) is 1. The quantitative estimate of drug-likeness (QED) is 0.697. The maximum atomic E-state index is 6.43. The summed E-state index contributed by atoms with van der Waals surface area (Å²) < 4.78 is 0. The molecule has 1 aliphatic rings. The molecule has 0 heterocycles. The Bertz CT molecular complexity index is 132. The largest absolute Gasteiger partial charge is 0.325 e. The minimum atomic E-state index is 0.175. The van der Waals surface area contributed by atoms with E-state index in [0.717, 1.165) is 5.92 Å². The molecule has 78 valence electrons. The molecular formula is C12H25N. The van der Waals surface area contributed by atoms with Crippen molar-refractivity contribution in [1.29, 1.82) is 0 Å². The third kappa shape index (κ3) is 4.12. The van der Waals surface area contributed by atoms with E-state index in [1.54, 1.807) is 0 Å². The molecule has 1 heteroatoms. The van der Waals surface area contributed by atoms with E-state index in [1.807, 2.05) is 0 Å². The van der Waals surface area contributed by atoms with Crippen LogP contribution in [-0.4, -0.2) is 5.54 Å². The Labute approximate surface area is 83.1 Å². The lowest BCUT2D eigenvalue weighted by molar-refractivity contribution is 0.267. The van der Waals surface area contributed by atoms with E-state index >= 15 is 0 Å². The van der Waals surface area contributed by atoms with Crippen LogP contribution in [0.5, 0.6) is 0 Å². The highest BCUT2D eigenvalue weighted by molar-refractivity contribution is 4.85. The fraction of sp³-hybridized carbons (Fsp3) is 1.00. The molecule has 0 bridgehead atoms. The highest BCUT2D eigenvalue weighted by Crippen LogP contribution is 2.29. The van der Waals surface area contributed by atoms with Crippen LogP contribution in [-0.2, 0) is 0 Å². The maximum absolute atomic E-state index is 6.43. The first kappa shape index (κ1) is 11.0. The summed E-state index contributed by atoms with van der Waals surface area (Å²) in [5.74, 6) is 0.754. The fourth-order valence-corrected chi connectivity index (χ4v) is 2.63. The third-order valence-electron chi connectivity index (χ3n) is 3.16. The molecule has 2 N–H and O–H groups in total. The van der Waals surface area contributed by atoms with Gasteiger partial charge in [-0.05, 0) is 25.2 Å². The zero-order valence-corrected chi connectivity index (χ0v) is 9.31. The summed E-state index contributed by atoms with van der Waals surface area (Å²) in [6.45, 7) is 4.57. The maximum Gasteiger partial charge on any atom is 0.0156 e. The van der Waals surface area contributed by atoms with Crippen molar-refractivity contribution in [2.45, 2.75) is 70.8 Å². The minimum absolute atomic E-state index is 0.175. The van der Waals surface area contributed by atoms with Crippen molar-refractivity contribution < 1.29 is 0 Å². The predicted octanol–water partition coefficient (Wildman–Crippen LogP) is 3.47. The Kier molecular flexibility index (Phi) is 4.24. The van der Waals surface area contributed by atoms with Gasteiger partial charge in [0.1, 0.15) is 0 Å². The summed E-state index contributed by atoms with van der Waals surface area (Å²) in [6, 6.07) is 0. The van der Waals surface area contributed by atoms with Gasteiger partial charge in [0.25, 0.3) is 0 Å². The van der Waals surface area contributed by atoms with Crippen molar-refractivity contribution in [3.8, 4) is 0 Å². The van der Waals surface area contributed by atoms with Crippen molar-refractivity contribution >= 4 is 0 Å². The minimum Gasteiger partial charge on any atom is -0.325 e. The average molecular weight is 183 g/mol. The number of rotatable bonds is 2. The van der Waals surface area contributed by atoms with Gasteiger partial charge in [-0.2, -0.15) is 0 Å². The smallest absolute Gasteiger partial charge is 0.0156 e. The fourth-order valence-electron chi connectivity index (χ4n) is 2.63. The van der Waals surface area contributed by atoms with Crippen LogP contribution < -0.4 is 5.73 Å². The molecule has 1 fully saturated rings. The molecule has 13 heavy (non-hydrogen) atoms. The number of nitrogens with two attached hydrogens (primary N) is 1. The lowest BCUT2D eigenvalue weighted by Gasteiger charge is -2.33.